The van der Waals surface area contributed by atoms with Crippen LogP contribution in [0.4, 0.5) is 0 Å². The van der Waals surface area contributed by atoms with E-state index in [0.29, 0.717) is 12.8 Å². The van der Waals surface area contributed by atoms with Gasteiger partial charge in [0.1, 0.15) is 0 Å². The van der Waals surface area contributed by atoms with Crippen molar-refractivity contribution in [2.45, 2.75) is 39.7 Å². The van der Waals surface area contributed by atoms with Crippen LogP contribution >= 0.6 is 0 Å². The quantitative estimate of drug-likeness (QED) is 0.642. The van der Waals surface area contributed by atoms with Crippen LogP contribution in [0.25, 0.3) is 0 Å². The summed E-state index contributed by atoms with van der Waals surface area (Å²) in [5, 5.41) is 2.56. The van der Waals surface area contributed by atoms with Gasteiger partial charge in [0.25, 0.3) is 5.91 Å². The Morgan fingerprint density at radius 3 is 2.53 bits per heavy atom. The zero-order valence-corrected chi connectivity index (χ0v) is 10.8. The molecule has 0 radical (unpaired) electrons. The monoisotopic (exact) mass is 233 g/mol. The SMILES string of the molecule is Cc1ccc(C(C)(C)C)cc1CNC(=O)C=O. The van der Waals surface area contributed by atoms with E-state index in [-0.39, 0.29) is 5.41 Å². The zero-order chi connectivity index (χ0) is 13.1. The summed E-state index contributed by atoms with van der Waals surface area (Å²) >= 11 is 0. The van der Waals surface area contributed by atoms with Gasteiger partial charge in [-0.25, -0.2) is 0 Å². The molecule has 0 saturated heterocycles. The molecule has 0 atom stereocenters. The minimum atomic E-state index is -0.578. The van der Waals surface area contributed by atoms with Gasteiger partial charge in [0, 0.05) is 6.54 Å². The fourth-order valence-electron chi connectivity index (χ4n) is 1.55. The number of rotatable bonds is 3. The van der Waals surface area contributed by atoms with Crippen molar-refractivity contribution in [1.82, 2.24) is 5.32 Å². The third kappa shape index (κ3) is 3.70. The molecule has 0 aromatic heterocycles. The lowest BCUT2D eigenvalue weighted by atomic mass is 9.85. The van der Waals surface area contributed by atoms with Crippen LogP contribution in [0.2, 0.25) is 0 Å². The van der Waals surface area contributed by atoms with Gasteiger partial charge in [-0.15, -0.1) is 0 Å². The Balaban J connectivity index is 2.91. The number of benzene rings is 1. The summed E-state index contributed by atoms with van der Waals surface area (Å²) in [6.07, 6.45) is 0.295. The van der Waals surface area contributed by atoms with Gasteiger partial charge in [-0.3, -0.25) is 9.59 Å². The molecule has 0 bridgehead atoms. The number of amides is 1. The highest BCUT2D eigenvalue weighted by Gasteiger charge is 2.14. The van der Waals surface area contributed by atoms with Gasteiger partial charge in [-0.2, -0.15) is 0 Å². The number of carbonyl (C=O) groups excluding carboxylic acids is 2. The molecule has 0 unspecified atom stereocenters. The molecular formula is C14H19NO2. The van der Waals surface area contributed by atoms with Crippen molar-refractivity contribution < 1.29 is 9.59 Å². The minimum Gasteiger partial charge on any atom is -0.346 e. The molecular weight excluding hydrogens is 214 g/mol. The average Bonchev–Trinajstić information content (AvgIpc) is 2.26. The van der Waals surface area contributed by atoms with Gasteiger partial charge in [0.15, 0.2) is 0 Å². The molecule has 3 nitrogen and oxygen atoms in total. The van der Waals surface area contributed by atoms with Gasteiger partial charge < -0.3 is 5.32 Å². The van der Waals surface area contributed by atoms with Crippen LogP contribution in [0.1, 0.15) is 37.5 Å². The Morgan fingerprint density at radius 2 is 2.00 bits per heavy atom. The molecule has 1 aromatic carbocycles. The predicted molar refractivity (Wildman–Crippen MR) is 67.8 cm³/mol. The number of aryl methyl sites for hydroxylation is 1. The number of aldehydes is 1. The van der Waals surface area contributed by atoms with E-state index in [9.17, 15) is 9.59 Å². The van der Waals surface area contributed by atoms with Crippen molar-refractivity contribution in [1.29, 1.82) is 0 Å². The molecule has 0 saturated carbocycles. The van der Waals surface area contributed by atoms with E-state index in [4.69, 9.17) is 0 Å². The maximum absolute atomic E-state index is 10.9. The van der Waals surface area contributed by atoms with Crippen molar-refractivity contribution in [3.8, 4) is 0 Å². The summed E-state index contributed by atoms with van der Waals surface area (Å²) in [6.45, 7) is 8.82. The van der Waals surface area contributed by atoms with Crippen molar-refractivity contribution in [3.05, 3.63) is 34.9 Å². The second-order valence-corrected chi connectivity index (χ2v) is 5.23. The van der Waals surface area contributed by atoms with Crippen LogP contribution in [0.3, 0.4) is 0 Å². The fraction of sp³-hybridized carbons (Fsp3) is 0.429. The fourth-order valence-corrected chi connectivity index (χ4v) is 1.55. The molecule has 0 aliphatic heterocycles. The summed E-state index contributed by atoms with van der Waals surface area (Å²) < 4.78 is 0. The van der Waals surface area contributed by atoms with E-state index < -0.39 is 5.91 Å². The van der Waals surface area contributed by atoms with Gasteiger partial charge in [-0.05, 0) is 29.0 Å². The predicted octanol–water partition coefficient (Wildman–Crippen LogP) is 2.11. The third-order valence-electron chi connectivity index (χ3n) is 2.78. The highest BCUT2D eigenvalue weighted by atomic mass is 16.2. The smallest absolute Gasteiger partial charge is 0.284 e. The summed E-state index contributed by atoms with van der Waals surface area (Å²) in [5.41, 5.74) is 3.46. The van der Waals surface area contributed by atoms with Crippen molar-refractivity contribution in [2.24, 2.45) is 0 Å². The summed E-state index contributed by atoms with van der Waals surface area (Å²) in [7, 11) is 0. The van der Waals surface area contributed by atoms with Crippen molar-refractivity contribution in [3.63, 3.8) is 0 Å². The molecule has 17 heavy (non-hydrogen) atoms. The first kappa shape index (κ1) is 13.4. The largest absolute Gasteiger partial charge is 0.346 e. The first-order chi connectivity index (χ1) is 7.84. The van der Waals surface area contributed by atoms with Gasteiger partial charge in [-0.1, -0.05) is 39.0 Å². The molecule has 0 fully saturated rings. The molecule has 0 spiro atoms. The number of hydrogen-bond acceptors (Lipinski definition) is 2. The molecule has 0 aliphatic carbocycles. The van der Waals surface area contributed by atoms with E-state index >= 15 is 0 Å². The molecule has 1 N–H and O–H groups in total. The number of hydrogen-bond donors (Lipinski definition) is 1. The van der Waals surface area contributed by atoms with Crippen molar-refractivity contribution in [2.75, 3.05) is 0 Å². The Hall–Kier alpha value is -1.64. The minimum absolute atomic E-state index is 0.0805. The lowest BCUT2D eigenvalue weighted by molar-refractivity contribution is -0.131. The molecule has 1 rings (SSSR count). The standard InChI is InChI=1S/C14H19NO2/c1-10-5-6-12(14(2,3)4)7-11(10)8-15-13(17)9-16/h5-7,9H,8H2,1-4H3,(H,15,17). The second-order valence-electron chi connectivity index (χ2n) is 5.23. The molecule has 1 aromatic rings. The van der Waals surface area contributed by atoms with Crippen LogP contribution in [-0.4, -0.2) is 12.2 Å². The highest BCUT2D eigenvalue weighted by molar-refractivity contribution is 6.23. The van der Waals surface area contributed by atoms with Gasteiger partial charge in [0.2, 0.25) is 6.29 Å². The maximum Gasteiger partial charge on any atom is 0.284 e. The Kier molecular flexibility index (Phi) is 4.05. The maximum atomic E-state index is 10.9. The topological polar surface area (TPSA) is 46.2 Å². The molecule has 0 heterocycles. The molecule has 92 valence electrons. The van der Waals surface area contributed by atoms with Crippen LogP contribution in [-0.2, 0) is 21.5 Å². The lowest BCUT2D eigenvalue weighted by Gasteiger charge is -2.20. The van der Waals surface area contributed by atoms with Crippen LogP contribution < -0.4 is 5.32 Å². The van der Waals surface area contributed by atoms with E-state index in [1.165, 1.54) is 5.56 Å². The van der Waals surface area contributed by atoms with E-state index in [1.54, 1.807) is 0 Å². The number of nitrogens with one attached hydrogen (secondary N) is 1. The summed E-state index contributed by atoms with van der Waals surface area (Å²) in [5.74, 6) is -0.578. The highest BCUT2D eigenvalue weighted by Crippen LogP contribution is 2.24. The van der Waals surface area contributed by atoms with Crippen molar-refractivity contribution >= 4 is 12.2 Å². The van der Waals surface area contributed by atoms with E-state index in [0.717, 1.165) is 11.1 Å². The first-order valence-corrected chi connectivity index (χ1v) is 5.67. The normalized spacial score (nSPS) is 11.1. The van der Waals surface area contributed by atoms with E-state index in [1.807, 2.05) is 13.0 Å². The Morgan fingerprint density at radius 1 is 1.35 bits per heavy atom. The summed E-state index contributed by atoms with van der Waals surface area (Å²) in [6, 6.07) is 6.23. The third-order valence-corrected chi connectivity index (χ3v) is 2.78. The summed E-state index contributed by atoms with van der Waals surface area (Å²) in [4.78, 5) is 21.1. The van der Waals surface area contributed by atoms with Crippen LogP contribution in [0.5, 0.6) is 0 Å². The number of carbonyl (C=O) groups is 2. The Labute approximate surface area is 102 Å². The average molecular weight is 233 g/mol. The van der Waals surface area contributed by atoms with Crippen LogP contribution in [0.15, 0.2) is 18.2 Å². The zero-order valence-electron chi connectivity index (χ0n) is 10.8. The second kappa shape index (κ2) is 5.13. The van der Waals surface area contributed by atoms with Gasteiger partial charge >= 0.3 is 0 Å². The molecule has 0 aliphatic rings. The Bertz CT molecular complexity index is 430. The lowest BCUT2D eigenvalue weighted by Crippen LogP contribution is -2.24. The van der Waals surface area contributed by atoms with Gasteiger partial charge in [0.05, 0.1) is 0 Å². The molecule has 1 amide bonds. The first-order valence-electron chi connectivity index (χ1n) is 5.67. The molecule has 3 heteroatoms. The van der Waals surface area contributed by atoms with E-state index in [2.05, 4.69) is 38.2 Å². The van der Waals surface area contributed by atoms with Crippen LogP contribution in [0, 0.1) is 6.92 Å².